The summed E-state index contributed by atoms with van der Waals surface area (Å²) in [6, 6.07) is 9.21. The number of nitrogens with zero attached hydrogens (tertiary/aromatic N) is 1. The van der Waals surface area contributed by atoms with Crippen molar-refractivity contribution >= 4 is 65.0 Å². The number of aliphatic imine (C=N–C) groups is 1. The van der Waals surface area contributed by atoms with Crippen LogP contribution in [0.3, 0.4) is 0 Å². The van der Waals surface area contributed by atoms with Crippen molar-refractivity contribution in [3.63, 3.8) is 0 Å². The number of hydrogen-bond acceptors (Lipinski definition) is 7. The Morgan fingerprint density at radius 2 is 1.55 bits per heavy atom. The third kappa shape index (κ3) is 8.53. The van der Waals surface area contributed by atoms with Gasteiger partial charge in [-0.2, -0.15) is 16.8 Å². The summed E-state index contributed by atoms with van der Waals surface area (Å²) in [6.07, 6.45) is 15.2. The number of alkyl halides is 1. The Hall–Kier alpha value is -1.96. The van der Waals surface area contributed by atoms with Crippen LogP contribution >= 0.6 is 27.7 Å². The van der Waals surface area contributed by atoms with E-state index in [0.717, 1.165) is 51.1 Å². The molecular weight excluding hydrogens is 636 g/mol. The first-order chi connectivity index (χ1) is 19.0. The van der Waals surface area contributed by atoms with Crippen LogP contribution in [0.1, 0.15) is 63.4 Å². The van der Waals surface area contributed by atoms with Gasteiger partial charge in [0.15, 0.2) is 0 Å². The standard InChI is InChI=1S/C28H33BrN2O6S3/c29-16-8-6-4-2-1-3-5-7-9-20-10-14-26-24(17-20)31-23-13-11-21(18-27(23)38-26)30-25-19-22(39(32,33)34)12-15-28(25)40(35,36)37/h10-15,17,19,31H,1-9,16,18H2,(H,32,33,34)(H,35,36,37). The summed E-state index contributed by atoms with van der Waals surface area (Å²) >= 11 is 5.08. The van der Waals surface area contributed by atoms with Crippen molar-refractivity contribution in [2.45, 2.75) is 78.9 Å². The van der Waals surface area contributed by atoms with Gasteiger partial charge in [-0.05, 0) is 67.3 Å². The predicted octanol–water partition coefficient (Wildman–Crippen LogP) is 7.70. The molecule has 216 valence electrons. The summed E-state index contributed by atoms with van der Waals surface area (Å²) < 4.78 is 65.8. The average Bonchev–Trinajstić information content (AvgIpc) is 2.90. The lowest BCUT2D eigenvalue weighted by Crippen LogP contribution is -2.13. The zero-order valence-corrected chi connectivity index (χ0v) is 26.0. The second kappa shape index (κ2) is 13.8. The van der Waals surface area contributed by atoms with Gasteiger partial charge in [-0.1, -0.05) is 72.3 Å². The van der Waals surface area contributed by atoms with E-state index < -0.39 is 30.0 Å². The second-order valence-electron chi connectivity index (χ2n) is 9.85. The van der Waals surface area contributed by atoms with Crippen molar-refractivity contribution in [1.29, 1.82) is 0 Å². The number of anilines is 1. The van der Waals surface area contributed by atoms with Crippen molar-refractivity contribution in [1.82, 2.24) is 0 Å². The van der Waals surface area contributed by atoms with Crippen LogP contribution in [0, 0.1) is 0 Å². The summed E-state index contributed by atoms with van der Waals surface area (Å²) in [5.74, 6) is 0. The first-order valence-corrected chi connectivity index (χ1v) is 18.1. The fourth-order valence-electron chi connectivity index (χ4n) is 4.67. The van der Waals surface area contributed by atoms with Crippen LogP contribution in [0.4, 0.5) is 11.4 Å². The number of rotatable bonds is 13. The molecule has 2 aromatic rings. The highest BCUT2D eigenvalue weighted by Crippen LogP contribution is 2.44. The summed E-state index contributed by atoms with van der Waals surface area (Å²) in [5, 5.41) is 4.59. The van der Waals surface area contributed by atoms with Gasteiger partial charge in [0.05, 0.1) is 16.3 Å². The van der Waals surface area contributed by atoms with Crippen LogP contribution in [-0.2, 0) is 26.7 Å². The minimum Gasteiger partial charge on any atom is -0.354 e. The molecule has 3 N–H and O–H groups in total. The molecule has 0 amide bonds. The lowest BCUT2D eigenvalue weighted by atomic mass is 10.0. The zero-order chi connectivity index (χ0) is 28.8. The number of benzene rings is 2. The van der Waals surface area contributed by atoms with Crippen molar-refractivity contribution in [3.8, 4) is 0 Å². The molecule has 40 heavy (non-hydrogen) atoms. The Labute approximate surface area is 249 Å². The zero-order valence-electron chi connectivity index (χ0n) is 22.0. The first-order valence-electron chi connectivity index (χ1n) is 13.3. The van der Waals surface area contributed by atoms with E-state index in [9.17, 15) is 25.9 Å². The normalized spacial score (nSPS) is 16.1. The Bertz CT molecular complexity index is 1550. The monoisotopic (exact) mass is 668 g/mol. The van der Waals surface area contributed by atoms with E-state index in [1.807, 2.05) is 6.08 Å². The van der Waals surface area contributed by atoms with Crippen LogP contribution in [0.15, 0.2) is 78.8 Å². The quantitative estimate of drug-likeness (QED) is 0.112. The van der Waals surface area contributed by atoms with Crippen molar-refractivity contribution in [2.24, 2.45) is 4.99 Å². The van der Waals surface area contributed by atoms with Gasteiger partial charge in [0.2, 0.25) is 0 Å². The highest BCUT2D eigenvalue weighted by molar-refractivity contribution is 9.09. The van der Waals surface area contributed by atoms with Gasteiger partial charge in [-0.15, -0.1) is 0 Å². The number of thioether (sulfide) groups is 1. The van der Waals surface area contributed by atoms with Crippen LogP contribution in [0.25, 0.3) is 0 Å². The van der Waals surface area contributed by atoms with Crippen LogP contribution in [0.5, 0.6) is 0 Å². The van der Waals surface area contributed by atoms with E-state index in [1.54, 1.807) is 17.8 Å². The summed E-state index contributed by atoms with van der Waals surface area (Å²) in [4.78, 5) is 5.33. The van der Waals surface area contributed by atoms with Crippen molar-refractivity contribution in [2.75, 3.05) is 10.6 Å². The molecule has 0 atom stereocenters. The van der Waals surface area contributed by atoms with Crippen LogP contribution in [0.2, 0.25) is 0 Å². The van der Waals surface area contributed by atoms with Gasteiger partial charge in [0, 0.05) is 33.0 Å². The molecule has 2 aromatic carbocycles. The minimum atomic E-state index is -4.67. The number of allylic oxidation sites excluding steroid dienone is 3. The molecule has 1 heterocycles. The van der Waals surface area contributed by atoms with Crippen molar-refractivity contribution in [3.05, 3.63) is 64.7 Å². The second-order valence-corrected chi connectivity index (χ2v) is 14.6. The first kappa shape index (κ1) is 31.0. The summed E-state index contributed by atoms with van der Waals surface area (Å²) in [6.45, 7) is 0. The highest BCUT2D eigenvalue weighted by atomic mass is 79.9. The lowest BCUT2D eigenvalue weighted by Gasteiger charge is -2.25. The topological polar surface area (TPSA) is 133 Å². The van der Waals surface area contributed by atoms with Crippen LogP contribution < -0.4 is 5.32 Å². The van der Waals surface area contributed by atoms with E-state index >= 15 is 0 Å². The fraction of sp³-hybridized carbons (Fsp3) is 0.393. The Kier molecular flexibility index (Phi) is 10.7. The molecule has 8 nitrogen and oxygen atoms in total. The molecule has 0 unspecified atom stereocenters. The maximum atomic E-state index is 11.8. The number of hydrogen-bond donors (Lipinski definition) is 3. The SMILES string of the molecule is O=S(=O)(O)c1ccc(S(=O)(=O)O)c(N=C2C=CC3=C(C2)Sc2ccc(CCCCCCCCCCBr)cc2N3)c1. The third-order valence-corrected chi connectivity index (χ3v) is 10.2. The number of unbranched alkanes of at least 4 members (excludes halogenated alkanes) is 7. The molecule has 12 heteroatoms. The Balaban J connectivity index is 1.39. The molecule has 2 aliphatic rings. The molecule has 1 aliphatic heterocycles. The maximum Gasteiger partial charge on any atom is 0.296 e. The molecular formula is C28H33BrN2O6S3. The molecule has 0 aromatic heterocycles. The lowest BCUT2D eigenvalue weighted by molar-refractivity contribution is 0.478. The van der Waals surface area contributed by atoms with Crippen molar-refractivity contribution < 1.29 is 25.9 Å². The van der Waals surface area contributed by atoms with Gasteiger partial charge in [0.1, 0.15) is 4.90 Å². The van der Waals surface area contributed by atoms with Gasteiger partial charge in [0.25, 0.3) is 20.2 Å². The Morgan fingerprint density at radius 3 is 2.23 bits per heavy atom. The predicted molar refractivity (Wildman–Crippen MR) is 164 cm³/mol. The molecule has 1 aliphatic carbocycles. The number of fused-ring (bicyclic) bond motifs is 1. The molecule has 0 fully saturated rings. The molecule has 0 saturated carbocycles. The summed E-state index contributed by atoms with van der Waals surface area (Å²) in [7, 11) is -9.26. The fourth-order valence-corrected chi connectivity index (χ4v) is 7.25. The maximum absolute atomic E-state index is 11.8. The summed E-state index contributed by atoms with van der Waals surface area (Å²) in [5.41, 5.74) is 3.48. The number of halogens is 1. The van der Waals surface area contributed by atoms with Gasteiger partial charge >= 0.3 is 0 Å². The van der Waals surface area contributed by atoms with Gasteiger partial charge in [-0.3, -0.25) is 14.1 Å². The van der Waals surface area contributed by atoms with Gasteiger partial charge in [-0.25, -0.2) is 0 Å². The largest absolute Gasteiger partial charge is 0.354 e. The van der Waals surface area contributed by atoms with E-state index in [-0.39, 0.29) is 5.69 Å². The van der Waals surface area contributed by atoms with E-state index in [1.165, 1.54) is 56.9 Å². The number of nitrogens with one attached hydrogen (secondary N) is 1. The smallest absolute Gasteiger partial charge is 0.296 e. The average molecular weight is 670 g/mol. The van der Waals surface area contributed by atoms with E-state index in [4.69, 9.17) is 0 Å². The minimum absolute atomic E-state index is 0.269. The molecule has 0 spiro atoms. The number of aryl methyl sites for hydroxylation is 1. The van der Waals surface area contributed by atoms with Crippen LogP contribution in [-0.4, -0.2) is 37.0 Å². The molecule has 4 rings (SSSR count). The highest BCUT2D eigenvalue weighted by Gasteiger charge is 2.23. The van der Waals surface area contributed by atoms with E-state index in [0.29, 0.717) is 12.1 Å². The van der Waals surface area contributed by atoms with Gasteiger partial charge < -0.3 is 5.32 Å². The molecule has 0 radical (unpaired) electrons. The Morgan fingerprint density at radius 1 is 0.850 bits per heavy atom. The van der Waals surface area contributed by atoms with E-state index in [2.05, 4.69) is 44.4 Å². The third-order valence-electron chi connectivity index (χ3n) is 6.75. The molecule has 0 bridgehead atoms. The molecule has 0 saturated heterocycles.